The summed E-state index contributed by atoms with van der Waals surface area (Å²) in [5.41, 5.74) is 1.81. The molecule has 0 N–H and O–H groups in total. The van der Waals surface area contributed by atoms with Gasteiger partial charge in [0, 0.05) is 23.6 Å². The number of nitro benzene ring substituents is 1. The summed E-state index contributed by atoms with van der Waals surface area (Å²) < 4.78 is 4.98. The van der Waals surface area contributed by atoms with Crippen LogP contribution in [0.3, 0.4) is 0 Å². The molecule has 4 nitrogen and oxygen atoms in total. The number of nitro groups is 1. The van der Waals surface area contributed by atoms with Crippen LogP contribution in [-0.2, 0) is 11.2 Å². The molecule has 0 fully saturated rings. The van der Waals surface area contributed by atoms with Gasteiger partial charge >= 0.3 is 0 Å². The molecule has 0 radical (unpaired) electrons. The van der Waals surface area contributed by atoms with Gasteiger partial charge in [-0.1, -0.05) is 28.1 Å². The highest BCUT2D eigenvalue weighted by Crippen LogP contribution is 2.23. The van der Waals surface area contributed by atoms with Crippen LogP contribution in [0.5, 0.6) is 0 Å². The van der Waals surface area contributed by atoms with Crippen molar-refractivity contribution in [2.45, 2.75) is 18.2 Å². The lowest BCUT2D eigenvalue weighted by atomic mass is 10.1. The van der Waals surface area contributed by atoms with Gasteiger partial charge in [0.1, 0.15) is 0 Å². The minimum absolute atomic E-state index is 0.0962. The van der Waals surface area contributed by atoms with E-state index in [1.807, 2.05) is 13.0 Å². The summed E-state index contributed by atoms with van der Waals surface area (Å²) >= 11 is 3.43. The van der Waals surface area contributed by atoms with Crippen LogP contribution < -0.4 is 0 Å². The van der Waals surface area contributed by atoms with Gasteiger partial charge in [0.15, 0.2) is 0 Å². The predicted molar refractivity (Wildman–Crippen MR) is 66.1 cm³/mol. The summed E-state index contributed by atoms with van der Waals surface area (Å²) in [5, 5.41) is 10.9. The Morgan fingerprint density at radius 2 is 2.25 bits per heavy atom. The number of ether oxygens (including phenoxy) is 1. The van der Waals surface area contributed by atoms with E-state index >= 15 is 0 Å². The lowest BCUT2D eigenvalue weighted by molar-refractivity contribution is -0.385. The summed E-state index contributed by atoms with van der Waals surface area (Å²) in [6.45, 7) is 2.38. The van der Waals surface area contributed by atoms with Gasteiger partial charge in [-0.3, -0.25) is 10.1 Å². The average Bonchev–Trinajstić information content (AvgIpc) is 2.20. The highest BCUT2D eigenvalue weighted by atomic mass is 79.9. The molecule has 88 valence electrons. The van der Waals surface area contributed by atoms with Crippen LogP contribution >= 0.6 is 15.9 Å². The predicted octanol–water partition coefficient (Wildman–Crippen LogP) is 2.86. The van der Waals surface area contributed by atoms with E-state index in [1.54, 1.807) is 19.2 Å². The first kappa shape index (κ1) is 13.1. The first-order valence-corrected chi connectivity index (χ1v) is 5.83. The zero-order valence-electron chi connectivity index (χ0n) is 9.27. The second-order valence-electron chi connectivity index (χ2n) is 3.65. The smallest absolute Gasteiger partial charge is 0.272 e. The summed E-state index contributed by atoms with van der Waals surface area (Å²) in [6.07, 6.45) is 0.588. The molecule has 5 heteroatoms. The third-order valence-corrected chi connectivity index (χ3v) is 2.81. The van der Waals surface area contributed by atoms with E-state index < -0.39 is 0 Å². The third kappa shape index (κ3) is 3.57. The molecule has 1 aromatic carbocycles. The maximum atomic E-state index is 10.9. The third-order valence-electron chi connectivity index (χ3n) is 2.23. The fourth-order valence-electron chi connectivity index (χ4n) is 1.49. The van der Waals surface area contributed by atoms with Gasteiger partial charge in [-0.05, 0) is 18.9 Å². The Morgan fingerprint density at radius 1 is 1.56 bits per heavy atom. The number of hydrogen-bond donors (Lipinski definition) is 0. The lowest BCUT2D eigenvalue weighted by Crippen LogP contribution is -2.11. The minimum Gasteiger partial charge on any atom is -0.384 e. The molecule has 0 aliphatic carbocycles. The van der Waals surface area contributed by atoms with E-state index in [-0.39, 0.29) is 15.4 Å². The Hall–Kier alpha value is -0.940. The molecule has 0 heterocycles. The topological polar surface area (TPSA) is 52.4 Å². The summed E-state index contributed by atoms with van der Waals surface area (Å²) in [5.74, 6) is 0. The van der Waals surface area contributed by atoms with Crippen LogP contribution in [0.15, 0.2) is 18.2 Å². The van der Waals surface area contributed by atoms with Crippen molar-refractivity contribution in [2.75, 3.05) is 13.7 Å². The van der Waals surface area contributed by atoms with E-state index in [4.69, 9.17) is 4.74 Å². The van der Waals surface area contributed by atoms with Crippen LogP contribution in [0, 0.1) is 17.0 Å². The quantitative estimate of drug-likeness (QED) is 0.475. The normalized spacial score (nSPS) is 12.4. The van der Waals surface area contributed by atoms with Gasteiger partial charge in [0.2, 0.25) is 0 Å². The number of nitrogens with zero attached hydrogens (tertiary/aromatic N) is 1. The zero-order valence-corrected chi connectivity index (χ0v) is 10.9. The number of benzene rings is 1. The molecule has 0 spiro atoms. The molecule has 0 saturated carbocycles. The maximum Gasteiger partial charge on any atom is 0.272 e. The lowest BCUT2D eigenvalue weighted by Gasteiger charge is -2.09. The Morgan fingerprint density at radius 3 is 2.81 bits per heavy atom. The summed E-state index contributed by atoms with van der Waals surface area (Å²) in [4.78, 5) is 10.6. The monoisotopic (exact) mass is 287 g/mol. The van der Waals surface area contributed by atoms with Crippen molar-refractivity contribution in [1.29, 1.82) is 0 Å². The number of rotatable bonds is 5. The highest BCUT2D eigenvalue weighted by molar-refractivity contribution is 9.09. The van der Waals surface area contributed by atoms with Gasteiger partial charge < -0.3 is 4.74 Å². The van der Waals surface area contributed by atoms with Crippen molar-refractivity contribution in [1.82, 2.24) is 0 Å². The van der Waals surface area contributed by atoms with Crippen molar-refractivity contribution in [3.8, 4) is 0 Å². The molecule has 16 heavy (non-hydrogen) atoms. The highest BCUT2D eigenvalue weighted by Gasteiger charge is 2.16. The van der Waals surface area contributed by atoms with Gasteiger partial charge in [0.05, 0.1) is 11.5 Å². The van der Waals surface area contributed by atoms with Gasteiger partial charge in [-0.25, -0.2) is 0 Å². The minimum atomic E-state index is -0.338. The molecule has 0 amide bonds. The molecule has 0 saturated heterocycles. The maximum absolute atomic E-state index is 10.9. The second-order valence-corrected chi connectivity index (χ2v) is 4.94. The first-order valence-electron chi connectivity index (χ1n) is 4.91. The largest absolute Gasteiger partial charge is 0.384 e. The summed E-state index contributed by atoms with van der Waals surface area (Å²) in [6, 6.07) is 5.29. The van der Waals surface area contributed by atoms with Gasteiger partial charge in [-0.15, -0.1) is 0 Å². The van der Waals surface area contributed by atoms with Crippen LogP contribution in [-0.4, -0.2) is 23.5 Å². The molecule has 0 aliphatic rings. The van der Waals surface area contributed by atoms with E-state index in [0.29, 0.717) is 13.0 Å². The van der Waals surface area contributed by atoms with Crippen molar-refractivity contribution in [2.24, 2.45) is 0 Å². The summed E-state index contributed by atoms with van der Waals surface area (Å²) in [7, 11) is 1.61. The van der Waals surface area contributed by atoms with E-state index in [1.165, 1.54) is 0 Å². The SMILES string of the molecule is COCC(Br)Cc1ccc(C)cc1[N+](=O)[O-]. The van der Waals surface area contributed by atoms with Crippen LogP contribution in [0.1, 0.15) is 11.1 Å². The number of hydrogen-bond acceptors (Lipinski definition) is 3. The molecule has 1 unspecified atom stereocenters. The fraction of sp³-hybridized carbons (Fsp3) is 0.455. The number of methoxy groups -OCH3 is 1. The fourth-order valence-corrected chi connectivity index (χ4v) is 2.11. The number of halogens is 1. The Labute approximate surface area is 103 Å². The Kier molecular flexibility index (Phi) is 4.89. The molecule has 0 aromatic heterocycles. The van der Waals surface area contributed by atoms with Crippen molar-refractivity contribution >= 4 is 21.6 Å². The number of alkyl halides is 1. The van der Waals surface area contributed by atoms with Crippen LogP contribution in [0.2, 0.25) is 0 Å². The van der Waals surface area contributed by atoms with Gasteiger partial charge in [-0.2, -0.15) is 0 Å². The van der Waals surface area contributed by atoms with Crippen LogP contribution in [0.25, 0.3) is 0 Å². The van der Waals surface area contributed by atoms with Crippen molar-refractivity contribution in [3.63, 3.8) is 0 Å². The standard InChI is InChI=1S/C11H14BrNO3/c1-8-3-4-9(6-10(12)7-16-2)11(5-8)13(14)15/h3-5,10H,6-7H2,1-2H3. The van der Waals surface area contributed by atoms with E-state index in [2.05, 4.69) is 15.9 Å². The van der Waals surface area contributed by atoms with E-state index in [9.17, 15) is 10.1 Å². The molecule has 0 aliphatic heterocycles. The Balaban J connectivity index is 2.90. The van der Waals surface area contributed by atoms with Gasteiger partial charge in [0.25, 0.3) is 5.69 Å². The molecular formula is C11H14BrNO3. The Bertz CT molecular complexity index is 381. The van der Waals surface area contributed by atoms with Crippen molar-refractivity contribution < 1.29 is 9.66 Å². The first-order chi connectivity index (χ1) is 7.54. The van der Waals surface area contributed by atoms with Crippen LogP contribution in [0.4, 0.5) is 5.69 Å². The number of aryl methyl sites for hydroxylation is 1. The molecule has 1 rings (SSSR count). The molecule has 1 atom stereocenters. The molecular weight excluding hydrogens is 274 g/mol. The average molecular weight is 288 g/mol. The molecule has 1 aromatic rings. The van der Waals surface area contributed by atoms with E-state index in [0.717, 1.165) is 11.1 Å². The zero-order chi connectivity index (χ0) is 12.1. The second kappa shape index (κ2) is 5.96. The molecule has 0 bridgehead atoms. The van der Waals surface area contributed by atoms with Crippen molar-refractivity contribution in [3.05, 3.63) is 39.4 Å².